The Morgan fingerprint density at radius 2 is 1.42 bits per heavy atom. The molecule has 2 aliphatic heterocycles. The van der Waals surface area contributed by atoms with E-state index < -0.39 is 0 Å². The number of aliphatic imine (C=N–C) groups is 1. The van der Waals surface area contributed by atoms with Crippen molar-refractivity contribution < 1.29 is 4.79 Å². The molecule has 1 spiro atoms. The smallest absolute Gasteiger partial charge is 0.240 e. The van der Waals surface area contributed by atoms with Crippen LogP contribution in [-0.2, 0) is 4.79 Å². The van der Waals surface area contributed by atoms with Gasteiger partial charge in [-0.2, -0.15) is 0 Å². The number of carbonyl (C=O) groups is 1. The van der Waals surface area contributed by atoms with Crippen molar-refractivity contribution in [2.45, 2.75) is 78.7 Å². The Labute approximate surface area is 198 Å². The third-order valence-corrected chi connectivity index (χ3v) is 8.03. The molecule has 1 saturated carbocycles. The Hall–Kier alpha value is -2.46. The molecule has 33 heavy (non-hydrogen) atoms. The first-order chi connectivity index (χ1) is 15.9. The largest absolute Gasteiger partial charge is 0.293 e. The first kappa shape index (κ1) is 22.3. The number of amidine groups is 1. The molecule has 4 heteroatoms. The summed E-state index contributed by atoms with van der Waals surface area (Å²) in [4.78, 5) is 24.3. The van der Waals surface area contributed by atoms with E-state index in [1.807, 2.05) is 4.90 Å². The van der Waals surface area contributed by atoms with Crippen molar-refractivity contribution in [3.63, 3.8) is 0 Å². The molecule has 2 aromatic rings. The van der Waals surface area contributed by atoms with Gasteiger partial charge in [-0.1, -0.05) is 54.7 Å². The quantitative estimate of drug-likeness (QED) is 0.549. The van der Waals surface area contributed by atoms with Gasteiger partial charge in [-0.15, -0.1) is 0 Å². The lowest BCUT2D eigenvalue weighted by Gasteiger charge is -2.39. The van der Waals surface area contributed by atoms with Gasteiger partial charge >= 0.3 is 0 Å². The fourth-order valence-electron chi connectivity index (χ4n) is 6.51. The highest BCUT2D eigenvalue weighted by molar-refractivity contribution is 6.27. The zero-order valence-corrected chi connectivity index (χ0v) is 20.7. The number of rotatable bonds is 3. The van der Waals surface area contributed by atoms with E-state index in [9.17, 15) is 4.79 Å². The van der Waals surface area contributed by atoms with Gasteiger partial charge in [0.2, 0.25) is 5.91 Å². The number of anilines is 1. The van der Waals surface area contributed by atoms with Crippen LogP contribution in [0.4, 0.5) is 11.4 Å². The maximum Gasteiger partial charge on any atom is 0.240 e. The van der Waals surface area contributed by atoms with Crippen molar-refractivity contribution in [2.24, 2.45) is 10.4 Å². The topological polar surface area (TPSA) is 35.9 Å². The van der Waals surface area contributed by atoms with E-state index in [2.05, 4.69) is 69.0 Å². The van der Waals surface area contributed by atoms with Crippen LogP contribution in [0, 0.1) is 33.1 Å². The minimum atomic E-state index is -0.348. The molecule has 0 bridgehead atoms. The van der Waals surface area contributed by atoms with Crippen molar-refractivity contribution >= 4 is 23.1 Å². The molecule has 1 aliphatic carbocycles. The maximum absolute atomic E-state index is 14.4. The summed E-state index contributed by atoms with van der Waals surface area (Å²) in [5, 5.41) is 0. The Morgan fingerprint density at radius 3 is 2.03 bits per heavy atom. The molecule has 2 saturated heterocycles. The van der Waals surface area contributed by atoms with Gasteiger partial charge in [-0.25, -0.2) is 4.99 Å². The molecular formula is C29H37N3O. The first-order valence-electron chi connectivity index (χ1n) is 12.7. The van der Waals surface area contributed by atoms with Gasteiger partial charge in [0.1, 0.15) is 5.84 Å². The van der Waals surface area contributed by atoms with Gasteiger partial charge in [0.25, 0.3) is 0 Å². The van der Waals surface area contributed by atoms with Crippen LogP contribution in [0.3, 0.4) is 0 Å². The highest BCUT2D eigenvalue weighted by atomic mass is 16.2. The normalized spacial score (nSPS) is 24.4. The molecule has 5 rings (SSSR count). The van der Waals surface area contributed by atoms with Crippen LogP contribution in [0.15, 0.2) is 41.4 Å². The molecule has 2 aromatic carbocycles. The standard InChI is InChI=1S/C29H37N3O/c1-20-10-12-24(13-11-20)32-27(30-25-22(3)18-21(2)19-23(25)4)26(31-16-8-9-17-31)29(28(32)33)14-6-5-7-15-29/h10-13,18-19,26H,5-9,14-17H2,1-4H3/t26-/m0/s1. The maximum atomic E-state index is 14.4. The van der Waals surface area contributed by atoms with Gasteiger partial charge < -0.3 is 0 Å². The Morgan fingerprint density at radius 1 is 0.818 bits per heavy atom. The zero-order chi connectivity index (χ0) is 23.2. The summed E-state index contributed by atoms with van der Waals surface area (Å²) in [6.07, 6.45) is 7.86. The monoisotopic (exact) mass is 443 g/mol. The Balaban J connectivity index is 1.73. The van der Waals surface area contributed by atoms with Crippen LogP contribution in [0.1, 0.15) is 67.2 Å². The molecule has 0 N–H and O–H groups in total. The minimum Gasteiger partial charge on any atom is -0.293 e. The number of nitrogens with zero attached hydrogens (tertiary/aromatic N) is 3. The van der Waals surface area contributed by atoms with Crippen molar-refractivity contribution in [3.05, 3.63) is 58.7 Å². The van der Waals surface area contributed by atoms with Crippen molar-refractivity contribution in [3.8, 4) is 0 Å². The molecular weight excluding hydrogens is 406 g/mol. The third kappa shape index (κ3) is 3.82. The summed E-state index contributed by atoms with van der Waals surface area (Å²) in [6.45, 7) is 10.7. The lowest BCUT2D eigenvalue weighted by Crippen LogP contribution is -2.50. The van der Waals surface area contributed by atoms with Gasteiger partial charge in [0, 0.05) is 0 Å². The molecule has 0 radical (unpaired) electrons. The molecule has 3 aliphatic rings. The summed E-state index contributed by atoms with van der Waals surface area (Å²) in [7, 11) is 0. The van der Waals surface area contributed by atoms with E-state index in [4.69, 9.17) is 4.99 Å². The number of hydrogen-bond donors (Lipinski definition) is 0. The zero-order valence-electron chi connectivity index (χ0n) is 20.7. The van der Waals surface area contributed by atoms with E-state index in [1.54, 1.807) is 0 Å². The highest BCUT2D eigenvalue weighted by Crippen LogP contribution is 2.50. The van der Waals surface area contributed by atoms with Gasteiger partial charge in [-0.05, 0) is 89.7 Å². The molecule has 0 aromatic heterocycles. The van der Waals surface area contributed by atoms with E-state index in [1.165, 1.54) is 41.5 Å². The predicted molar refractivity (Wildman–Crippen MR) is 137 cm³/mol. The summed E-state index contributed by atoms with van der Waals surface area (Å²) < 4.78 is 0. The van der Waals surface area contributed by atoms with E-state index in [0.717, 1.165) is 56.0 Å². The molecule has 2 heterocycles. The summed E-state index contributed by atoms with van der Waals surface area (Å²) in [6, 6.07) is 12.9. The number of carbonyl (C=O) groups excluding carboxylic acids is 1. The number of likely N-dealkylation sites (tertiary alicyclic amines) is 1. The second-order valence-corrected chi connectivity index (χ2v) is 10.6. The Bertz CT molecular complexity index is 1050. The summed E-state index contributed by atoms with van der Waals surface area (Å²) >= 11 is 0. The fourth-order valence-corrected chi connectivity index (χ4v) is 6.51. The molecule has 0 unspecified atom stereocenters. The highest BCUT2D eigenvalue weighted by Gasteiger charge is 2.60. The van der Waals surface area contributed by atoms with Crippen LogP contribution in [0.2, 0.25) is 0 Å². The van der Waals surface area contributed by atoms with Gasteiger partial charge in [-0.3, -0.25) is 14.6 Å². The average Bonchev–Trinajstić information content (AvgIpc) is 3.38. The van der Waals surface area contributed by atoms with Gasteiger partial charge in [0.05, 0.1) is 22.8 Å². The third-order valence-electron chi connectivity index (χ3n) is 8.03. The van der Waals surface area contributed by atoms with Crippen LogP contribution in [0.5, 0.6) is 0 Å². The summed E-state index contributed by atoms with van der Waals surface area (Å²) in [5.74, 6) is 1.21. The number of amides is 1. The molecule has 174 valence electrons. The predicted octanol–water partition coefficient (Wildman–Crippen LogP) is 6.41. The minimum absolute atomic E-state index is 0.0641. The average molecular weight is 444 g/mol. The van der Waals surface area contributed by atoms with Crippen LogP contribution in [0.25, 0.3) is 0 Å². The number of hydrogen-bond acceptors (Lipinski definition) is 3. The first-order valence-corrected chi connectivity index (χ1v) is 12.7. The van der Waals surface area contributed by atoms with Crippen LogP contribution in [-0.4, -0.2) is 35.8 Å². The molecule has 3 fully saturated rings. The molecule has 4 nitrogen and oxygen atoms in total. The Kier molecular flexibility index (Phi) is 5.90. The van der Waals surface area contributed by atoms with Gasteiger partial charge in [0.15, 0.2) is 0 Å². The molecule has 1 amide bonds. The van der Waals surface area contributed by atoms with E-state index in [0.29, 0.717) is 0 Å². The summed E-state index contributed by atoms with van der Waals surface area (Å²) in [5.41, 5.74) is 6.46. The SMILES string of the molecule is Cc1ccc(N2C(=O)C3(CCCCC3)[C@@H](N3CCCC3)C2=Nc2c(C)cc(C)cc2C)cc1. The second-order valence-electron chi connectivity index (χ2n) is 10.6. The van der Waals surface area contributed by atoms with Crippen LogP contribution < -0.4 is 4.90 Å². The number of benzene rings is 2. The molecule has 1 atom stereocenters. The van der Waals surface area contributed by atoms with Crippen molar-refractivity contribution in [2.75, 3.05) is 18.0 Å². The number of aryl methyl sites for hydroxylation is 4. The lowest BCUT2D eigenvalue weighted by atomic mass is 9.69. The van der Waals surface area contributed by atoms with E-state index in [-0.39, 0.29) is 17.4 Å². The second kappa shape index (κ2) is 8.72. The van der Waals surface area contributed by atoms with Crippen LogP contribution >= 0.6 is 0 Å². The van der Waals surface area contributed by atoms with Crippen molar-refractivity contribution in [1.82, 2.24) is 4.90 Å². The van der Waals surface area contributed by atoms with E-state index >= 15 is 0 Å². The van der Waals surface area contributed by atoms with Crippen molar-refractivity contribution in [1.29, 1.82) is 0 Å². The fraction of sp³-hybridized carbons (Fsp3) is 0.517. The lowest BCUT2D eigenvalue weighted by molar-refractivity contribution is -0.129.